The topological polar surface area (TPSA) is 46.5 Å². The van der Waals surface area contributed by atoms with Crippen molar-refractivity contribution in [3.63, 3.8) is 0 Å². The second-order valence-electron chi connectivity index (χ2n) is 4.25. The number of rotatable bonds is 11. The zero-order valence-electron chi connectivity index (χ0n) is 10.7. The number of hydrogen-bond donors (Lipinski definition) is 1. The van der Waals surface area contributed by atoms with Crippen LogP contribution in [-0.4, -0.2) is 23.8 Å². The van der Waals surface area contributed by atoms with Gasteiger partial charge in [0, 0.05) is 6.61 Å². The van der Waals surface area contributed by atoms with Crippen LogP contribution in [-0.2, 0) is 9.53 Å². The molecule has 16 heavy (non-hydrogen) atoms. The molecule has 0 heterocycles. The van der Waals surface area contributed by atoms with Crippen LogP contribution in [0.2, 0.25) is 0 Å². The van der Waals surface area contributed by atoms with E-state index in [4.69, 9.17) is 9.84 Å². The first kappa shape index (κ1) is 15.4. The largest absolute Gasteiger partial charge is 0.479 e. The Morgan fingerprint density at radius 3 is 2.25 bits per heavy atom. The fourth-order valence-electron chi connectivity index (χ4n) is 1.65. The molecule has 0 aromatic rings. The number of hydrogen-bond acceptors (Lipinski definition) is 2. The Kier molecular flexibility index (Phi) is 10.5. The first-order valence-electron chi connectivity index (χ1n) is 6.56. The minimum absolute atomic E-state index is 0.586. The number of carbonyl (C=O) groups is 1. The van der Waals surface area contributed by atoms with Crippen LogP contribution in [0.3, 0.4) is 0 Å². The van der Waals surface area contributed by atoms with Gasteiger partial charge in [0.05, 0.1) is 0 Å². The van der Waals surface area contributed by atoms with Crippen LogP contribution in [0.5, 0.6) is 0 Å². The summed E-state index contributed by atoms with van der Waals surface area (Å²) in [5.41, 5.74) is 0. The van der Waals surface area contributed by atoms with E-state index in [2.05, 4.69) is 6.92 Å². The van der Waals surface area contributed by atoms with Crippen LogP contribution in [0.4, 0.5) is 0 Å². The molecule has 0 aliphatic heterocycles. The molecule has 0 spiro atoms. The summed E-state index contributed by atoms with van der Waals surface area (Å²) in [4.78, 5) is 10.8. The second kappa shape index (κ2) is 10.9. The maximum absolute atomic E-state index is 10.8. The molecule has 1 unspecified atom stereocenters. The molecule has 0 amide bonds. The molecule has 0 aromatic carbocycles. The van der Waals surface area contributed by atoms with Gasteiger partial charge in [-0.15, -0.1) is 0 Å². The first-order chi connectivity index (χ1) is 7.72. The van der Waals surface area contributed by atoms with Gasteiger partial charge in [-0.3, -0.25) is 0 Å². The average Bonchev–Trinajstić information content (AvgIpc) is 2.26. The molecule has 0 rings (SSSR count). The predicted octanol–water partition coefficient (Wildman–Crippen LogP) is 3.62. The van der Waals surface area contributed by atoms with Crippen LogP contribution in [0.15, 0.2) is 0 Å². The lowest BCUT2D eigenvalue weighted by molar-refractivity contribution is -0.150. The van der Waals surface area contributed by atoms with Crippen molar-refractivity contribution in [2.24, 2.45) is 0 Å². The highest BCUT2D eigenvalue weighted by atomic mass is 16.5. The molecule has 0 saturated carbocycles. The van der Waals surface area contributed by atoms with Gasteiger partial charge in [0.25, 0.3) is 0 Å². The molecule has 0 aliphatic carbocycles. The summed E-state index contributed by atoms with van der Waals surface area (Å²) < 4.78 is 5.35. The monoisotopic (exact) mass is 230 g/mol. The number of carboxylic acids is 1. The number of aliphatic carboxylic acids is 1. The molecule has 1 N–H and O–H groups in total. The Bertz CT molecular complexity index is 169. The highest BCUT2D eigenvalue weighted by Crippen LogP contribution is 2.07. The summed E-state index contributed by atoms with van der Waals surface area (Å²) in [5, 5.41) is 8.85. The van der Waals surface area contributed by atoms with E-state index in [0.29, 0.717) is 13.0 Å². The molecule has 96 valence electrons. The summed E-state index contributed by atoms with van der Waals surface area (Å²) in [6, 6.07) is 0. The van der Waals surface area contributed by atoms with Gasteiger partial charge in [0.15, 0.2) is 6.10 Å². The van der Waals surface area contributed by atoms with Crippen molar-refractivity contribution in [2.75, 3.05) is 6.61 Å². The van der Waals surface area contributed by atoms with Gasteiger partial charge in [-0.1, -0.05) is 52.4 Å². The quantitative estimate of drug-likeness (QED) is 0.551. The smallest absolute Gasteiger partial charge is 0.332 e. The Labute approximate surface area is 99.2 Å². The van der Waals surface area contributed by atoms with Crippen LogP contribution in [0.25, 0.3) is 0 Å². The third-order valence-electron chi connectivity index (χ3n) is 2.64. The van der Waals surface area contributed by atoms with Gasteiger partial charge in [-0.05, 0) is 12.8 Å². The summed E-state index contributed by atoms with van der Waals surface area (Å²) in [5.74, 6) is -0.826. The molecule has 0 aromatic heterocycles. The minimum atomic E-state index is -0.826. The summed E-state index contributed by atoms with van der Waals surface area (Å²) in [6.45, 7) is 4.76. The SMILES string of the molecule is CCCCCCCCOC(CCC)C(=O)O. The highest BCUT2D eigenvalue weighted by Gasteiger charge is 2.15. The second-order valence-corrected chi connectivity index (χ2v) is 4.25. The van der Waals surface area contributed by atoms with E-state index < -0.39 is 12.1 Å². The fraction of sp³-hybridized carbons (Fsp3) is 0.923. The molecular formula is C13H26O3. The number of unbranched alkanes of at least 4 members (excludes halogenated alkanes) is 5. The zero-order chi connectivity index (χ0) is 12.2. The Hall–Kier alpha value is -0.570. The van der Waals surface area contributed by atoms with E-state index in [1.165, 1.54) is 25.7 Å². The van der Waals surface area contributed by atoms with Gasteiger partial charge >= 0.3 is 5.97 Å². The molecule has 0 aliphatic rings. The van der Waals surface area contributed by atoms with E-state index in [9.17, 15) is 4.79 Å². The normalized spacial score (nSPS) is 12.6. The Balaban J connectivity index is 3.37. The lowest BCUT2D eigenvalue weighted by atomic mass is 10.1. The molecule has 0 bridgehead atoms. The highest BCUT2D eigenvalue weighted by molar-refractivity contribution is 5.72. The van der Waals surface area contributed by atoms with Crippen molar-refractivity contribution in [3.8, 4) is 0 Å². The lowest BCUT2D eigenvalue weighted by Crippen LogP contribution is -2.24. The molecule has 3 heteroatoms. The van der Waals surface area contributed by atoms with Gasteiger partial charge in [0.2, 0.25) is 0 Å². The first-order valence-corrected chi connectivity index (χ1v) is 6.56. The fourth-order valence-corrected chi connectivity index (χ4v) is 1.65. The summed E-state index contributed by atoms with van der Waals surface area (Å²) in [6.07, 6.45) is 8.09. The molecule has 3 nitrogen and oxygen atoms in total. The summed E-state index contributed by atoms with van der Waals surface area (Å²) in [7, 11) is 0. The third kappa shape index (κ3) is 8.72. The summed E-state index contributed by atoms with van der Waals surface area (Å²) >= 11 is 0. The number of carboxylic acid groups (broad SMARTS) is 1. The number of ether oxygens (including phenoxy) is 1. The van der Waals surface area contributed by atoms with Gasteiger partial charge < -0.3 is 9.84 Å². The maximum Gasteiger partial charge on any atom is 0.332 e. The van der Waals surface area contributed by atoms with E-state index >= 15 is 0 Å². The van der Waals surface area contributed by atoms with Crippen LogP contribution < -0.4 is 0 Å². The van der Waals surface area contributed by atoms with E-state index in [-0.39, 0.29) is 0 Å². The van der Waals surface area contributed by atoms with E-state index in [1.54, 1.807) is 0 Å². The van der Waals surface area contributed by atoms with E-state index in [0.717, 1.165) is 19.3 Å². The zero-order valence-corrected chi connectivity index (χ0v) is 10.7. The standard InChI is InChI=1S/C13H26O3/c1-3-5-6-7-8-9-11-16-12(10-4-2)13(14)15/h12H,3-11H2,1-2H3,(H,14,15). The van der Waals surface area contributed by atoms with Crippen molar-refractivity contribution in [1.29, 1.82) is 0 Å². The average molecular weight is 230 g/mol. The van der Waals surface area contributed by atoms with Gasteiger partial charge in [-0.2, -0.15) is 0 Å². The lowest BCUT2D eigenvalue weighted by Gasteiger charge is -2.12. The third-order valence-corrected chi connectivity index (χ3v) is 2.64. The van der Waals surface area contributed by atoms with E-state index in [1.807, 2.05) is 6.92 Å². The predicted molar refractivity (Wildman–Crippen MR) is 65.7 cm³/mol. The molecule has 0 fully saturated rings. The van der Waals surface area contributed by atoms with Crippen molar-refractivity contribution in [2.45, 2.75) is 71.3 Å². The maximum atomic E-state index is 10.8. The Morgan fingerprint density at radius 2 is 1.69 bits per heavy atom. The van der Waals surface area contributed by atoms with Crippen LogP contribution >= 0.6 is 0 Å². The van der Waals surface area contributed by atoms with Crippen LogP contribution in [0.1, 0.15) is 65.2 Å². The van der Waals surface area contributed by atoms with Crippen molar-refractivity contribution >= 4 is 5.97 Å². The minimum Gasteiger partial charge on any atom is -0.479 e. The van der Waals surface area contributed by atoms with Gasteiger partial charge in [0.1, 0.15) is 0 Å². The molecular weight excluding hydrogens is 204 g/mol. The van der Waals surface area contributed by atoms with Gasteiger partial charge in [-0.25, -0.2) is 4.79 Å². The molecule has 1 atom stereocenters. The molecule has 0 radical (unpaired) electrons. The van der Waals surface area contributed by atoms with Crippen molar-refractivity contribution < 1.29 is 14.6 Å². The molecule has 0 saturated heterocycles. The van der Waals surface area contributed by atoms with Crippen LogP contribution in [0, 0.1) is 0 Å². The Morgan fingerprint density at radius 1 is 1.06 bits per heavy atom. The van der Waals surface area contributed by atoms with Crippen molar-refractivity contribution in [3.05, 3.63) is 0 Å². The van der Waals surface area contributed by atoms with Crippen molar-refractivity contribution in [1.82, 2.24) is 0 Å².